The number of pyridine rings is 1. The molecular weight excluding hydrogens is 382 g/mol. The van der Waals surface area contributed by atoms with Crippen LogP contribution in [-0.2, 0) is 11.3 Å². The minimum absolute atomic E-state index is 0.205. The number of carbonyl (C=O) groups is 2. The van der Waals surface area contributed by atoms with Crippen molar-refractivity contribution in [3.05, 3.63) is 36.4 Å². The molecule has 0 aromatic carbocycles. The second-order valence-electron chi connectivity index (χ2n) is 8.84. The molecule has 2 aromatic rings. The van der Waals surface area contributed by atoms with E-state index in [0.717, 1.165) is 56.4 Å². The summed E-state index contributed by atoms with van der Waals surface area (Å²) in [7, 11) is 0. The molecule has 0 bridgehead atoms. The standard InChI is InChI=1S/C22H31N5O3/c1-22(2,3)30-21(29)26-11-8-16(9-12-26)5-4-10-27-15-18(14-25-27)17-6-7-19(20(23)28)24-13-17/h6-7,13-16H,4-5,8-12H2,1-3H3,(H2,23,28). The van der Waals surface area contributed by atoms with Gasteiger partial charge in [-0.1, -0.05) is 6.07 Å². The maximum Gasteiger partial charge on any atom is 0.410 e. The van der Waals surface area contributed by atoms with Gasteiger partial charge in [-0.05, 0) is 58.4 Å². The first-order chi connectivity index (χ1) is 14.2. The summed E-state index contributed by atoms with van der Waals surface area (Å²) >= 11 is 0. The van der Waals surface area contributed by atoms with E-state index in [2.05, 4.69) is 10.1 Å². The van der Waals surface area contributed by atoms with Gasteiger partial charge in [-0.3, -0.25) is 14.5 Å². The summed E-state index contributed by atoms with van der Waals surface area (Å²) < 4.78 is 7.39. The normalized spacial score (nSPS) is 15.2. The van der Waals surface area contributed by atoms with Crippen LogP contribution in [0.2, 0.25) is 0 Å². The van der Waals surface area contributed by atoms with Crippen LogP contribution in [0, 0.1) is 5.92 Å². The number of aromatic nitrogens is 3. The van der Waals surface area contributed by atoms with Crippen molar-refractivity contribution in [3.63, 3.8) is 0 Å². The monoisotopic (exact) mass is 413 g/mol. The van der Waals surface area contributed by atoms with Crippen LogP contribution in [0.5, 0.6) is 0 Å². The van der Waals surface area contributed by atoms with E-state index in [4.69, 9.17) is 10.5 Å². The number of hydrogen-bond acceptors (Lipinski definition) is 5. The number of piperidine rings is 1. The van der Waals surface area contributed by atoms with Gasteiger partial charge in [0.1, 0.15) is 11.3 Å². The zero-order valence-corrected chi connectivity index (χ0v) is 18.0. The van der Waals surface area contributed by atoms with Gasteiger partial charge in [0.25, 0.3) is 5.91 Å². The lowest BCUT2D eigenvalue weighted by atomic mass is 9.92. The van der Waals surface area contributed by atoms with E-state index < -0.39 is 11.5 Å². The summed E-state index contributed by atoms with van der Waals surface area (Å²) in [5, 5.41) is 4.43. The predicted molar refractivity (Wildman–Crippen MR) is 114 cm³/mol. The lowest BCUT2D eigenvalue weighted by molar-refractivity contribution is 0.0180. The fraction of sp³-hybridized carbons (Fsp3) is 0.545. The Balaban J connectivity index is 1.41. The third kappa shape index (κ3) is 6.05. The second-order valence-corrected chi connectivity index (χ2v) is 8.84. The molecule has 0 unspecified atom stereocenters. The maximum absolute atomic E-state index is 12.2. The predicted octanol–water partition coefficient (Wildman–Crippen LogP) is 3.47. The Morgan fingerprint density at radius 3 is 2.50 bits per heavy atom. The number of primary amides is 1. The summed E-state index contributed by atoms with van der Waals surface area (Å²) in [5.74, 6) is 0.0958. The molecule has 0 radical (unpaired) electrons. The third-order valence-corrected chi connectivity index (χ3v) is 5.25. The van der Waals surface area contributed by atoms with Crippen molar-refractivity contribution >= 4 is 12.0 Å². The Labute approximate surface area is 177 Å². The number of hydrogen-bond donors (Lipinski definition) is 1. The first-order valence-electron chi connectivity index (χ1n) is 10.5. The molecule has 1 aliphatic rings. The summed E-state index contributed by atoms with van der Waals surface area (Å²) in [5.41, 5.74) is 6.90. The molecule has 1 aliphatic heterocycles. The van der Waals surface area contributed by atoms with Crippen LogP contribution in [-0.4, -0.2) is 50.4 Å². The van der Waals surface area contributed by atoms with E-state index in [1.54, 1.807) is 18.5 Å². The molecule has 2 amide bonds. The quantitative estimate of drug-likeness (QED) is 0.781. The lowest BCUT2D eigenvalue weighted by Crippen LogP contribution is -2.41. The van der Waals surface area contributed by atoms with Gasteiger partial charge in [-0.25, -0.2) is 4.79 Å². The molecule has 2 aromatic heterocycles. The average molecular weight is 414 g/mol. The summed E-state index contributed by atoms with van der Waals surface area (Å²) in [6.45, 7) is 8.06. The highest BCUT2D eigenvalue weighted by molar-refractivity contribution is 5.91. The van der Waals surface area contributed by atoms with Gasteiger partial charge < -0.3 is 15.4 Å². The summed E-state index contributed by atoms with van der Waals surface area (Å²) in [6.07, 6.45) is 9.42. The molecule has 30 heavy (non-hydrogen) atoms. The van der Waals surface area contributed by atoms with Crippen molar-refractivity contribution in [3.8, 4) is 11.1 Å². The van der Waals surface area contributed by atoms with E-state index in [-0.39, 0.29) is 11.8 Å². The van der Waals surface area contributed by atoms with Crippen molar-refractivity contribution in [1.82, 2.24) is 19.7 Å². The molecule has 3 heterocycles. The third-order valence-electron chi connectivity index (χ3n) is 5.25. The van der Waals surface area contributed by atoms with Gasteiger partial charge >= 0.3 is 6.09 Å². The van der Waals surface area contributed by atoms with Crippen LogP contribution in [0.4, 0.5) is 4.79 Å². The molecule has 2 N–H and O–H groups in total. The van der Waals surface area contributed by atoms with Gasteiger partial charge in [0.05, 0.1) is 6.20 Å². The molecular formula is C22H31N5O3. The minimum Gasteiger partial charge on any atom is -0.444 e. The number of nitrogens with zero attached hydrogens (tertiary/aromatic N) is 4. The van der Waals surface area contributed by atoms with E-state index in [9.17, 15) is 9.59 Å². The molecule has 0 saturated carbocycles. The van der Waals surface area contributed by atoms with Crippen LogP contribution in [0.1, 0.15) is 56.9 Å². The number of rotatable bonds is 6. The Morgan fingerprint density at radius 2 is 1.90 bits per heavy atom. The Bertz CT molecular complexity index is 862. The van der Waals surface area contributed by atoms with Crippen LogP contribution in [0.15, 0.2) is 30.7 Å². The van der Waals surface area contributed by atoms with Crippen molar-refractivity contribution in [1.29, 1.82) is 0 Å². The Hall–Kier alpha value is -2.90. The first kappa shape index (κ1) is 21.8. The number of aryl methyl sites for hydroxylation is 1. The van der Waals surface area contributed by atoms with Crippen molar-refractivity contribution in [2.75, 3.05) is 13.1 Å². The molecule has 0 spiro atoms. The molecule has 8 nitrogen and oxygen atoms in total. The highest BCUT2D eigenvalue weighted by Gasteiger charge is 2.26. The number of amides is 2. The number of likely N-dealkylation sites (tertiary alicyclic amines) is 1. The van der Waals surface area contributed by atoms with Crippen molar-refractivity contribution in [2.45, 2.75) is 58.6 Å². The Morgan fingerprint density at radius 1 is 1.17 bits per heavy atom. The zero-order valence-electron chi connectivity index (χ0n) is 18.0. The number of nitrogens with two attached hydrogens (primary N) is 1. The number of ether oxygens (including phenoxy) is 1. The minimum atomic E-state index is -0.533. The van der Waals surface area contributed by atoms with Gasteiger partial charge in [0, 0.05) is 43.2 Å². The molecule has 8 heteroatoms. The molecule has 0 aliphatic carbocycles. The van der Waals surface area contributed by atoms with Crippen LogP contribution < -0.4 is 5.73 Å². The number of carbonyl (C=O) groups excluding carboxylic acids is 2. The van der Waals surface area contributed by atoms with E-state index in [1.807, 2.05) is 42.6 Å². The highest BCUT2D eigenvalue weighted by atomic mass is 16.6. The summed E-state index contributed by atoms with van der Waals surface area (Å²) in [4.78, 5) is 29.2. The second kappa shape index (κ2) is 9.28. The van der Waals surface area contributed by atoms with Gasteiger partial charge in [-0.15, -0.1) is 0 Å². The average Bonchev–Trinajstić information content (AvgIpc) is 3.16. The first-order valence-corrected chi connectivity index (χ1v) is 10.5. The van der Waals surface area contributed by atoms with Gasteiger partial charge in [0.15, 0.2) is 0 Å². The van der Waals surface area contributed by atoms with Crippen molar-refractivity contribution in [2.24, 2.45) is 11.7 Å². The van der Waals surface area contributed by atoms with E-state index in [1.165, 1.54) is 0 Å². The van der Waals surface area contributed by atoms with E-state index in [0.29, 0.717) is 5.92 Å². The SMILES string of the molecule is CC(C)(C)OC(=O)N1CCC(CCCn2cc(-c3ccc(C(N)=O)nc3)cn2)CC1. The zero-order chi connectivity index (χ0) is 21.7. The fourth-order valence-corrected chi connectivity index (χ4v) is 3.62. The van der Waals surface area contributed by atoms with Gasteiger partial charge in [0.2, 0.25) is 0 Å². The molecule has 1 fully saturated rings. The molecule has 1 saturated heterocycles. The lowest BCUT2D eigenvalue weighted by Gasteiger charge is -2.33. The highest BCUT2D eigenvalue weighted by Crippen LogP contribution is 2.24. The van der Waals surface area contributed by atoms with Gasteiger partial charge in [-0.2, -0.15) is 5.10 Å². The topological polar surface area (TPSA) is 103 Å². The largest absolute Gasteiger partial charge is 0.444 e. The fourth-order valence-electron chi connectivity index (χ4n) is 3.62. The molecule has 0 atom stereocenters. The molecule has 3 rings (SSSR count). The van der Waals surface area contributed by atoms with Crippen molar-refractivity contribution < 1.29 is 14.3 Å². The maximum atomic E-state index is 12.2. The van der Waals surface area contributed by atoms with E-state index >= 15 is 0 Å². The van der Waals surface area contributed by atoms with Crippen LogP contribution in [0.3, 0.4) is 0 Å². The van der Waals surface area contributed by atoms with Crippen LogP contribution in [0.25, 0.3) is 11.1 Å². The van der Waals surface area contributed by atoms with Crippen LogP contribution >= 0.6 is 0 Å². The smallest absolute Gasteiger partial charge is 0.410 e. The molecule has 162 valence electrons. The Kier molecular flexibility index (Phi) is 6.74. The summed E-state index contributed by atoms with van der Waals surface area (Å²) in [6, 6.07) is 3.45.